The van der Waals surface area contributed by atoms with Crippen LogP contribution in [0.15, 0.2) is 170 Å². The molecular formula is C56H48N2O4. The summed E-state index contributed by atoms with van der Waals surface area (Å²) >= 11 is 0. The van der Waals surface area contributed by atoms with E-state index in [0.717, 1.165) is 77.2 Å². The van der Waals surface area contributed by atoms with Crippen molar-refractivity contribution in [1.29, 1.82) is 0 Å². The van der Waals surface area contributed by atoms with E-state index in [0.29, 0.717) is 22.6 Å². The van der Waals surface area contributed by atoms with Crippen LogP contribution in [0.3, 0.4) is 0 Å². The van der Waals surface area contributed by atoms with Crippen molar-refractivity contribution in [3.63, 3.8) is 0 Å². The summed E-state index contributed by atoms with van der Waals surface area (Å²) < 4.78 is 18.0. The molecule has 2 unspecified atom stereocenters. The van der Waals surface area contributed by atoms with E-state index in [1.54, 1.807) is 0 Å². The van der Waals surface area contributed by atoms with Crippen molar-refractivity contribution in [2.45, 2.75) is 46.8 Å². The Morgan fingerprint density at radius 3 is 1.05 bits per heavy atom. The molecule has 0 saturated carbocycles. The summed E-state index contributed by atoms with van der Waals surface area (Å²) in [5.74, 6) is 1.67. The van der Waals surface area contributed by atoms with Gasteiger partial charge in [-0.15, -0.1) is 0 Å². The second kappa shape index (κ2) is 15.5. The zero-order valence-electron chi connectivity index (χ0n) is 35.5. The Labute approximate surface area is 361 Å². The highest BCUT2D eigenvalue weighted by Crippen LogP contribution is 2.45. The van der Waals surface area contributed by atoms with Crippen LogP contribution in [0.1, 0.15) is 31.9 Å². The number of phenolic OH excluding ortho intramolecular Hbond substituents is 2. The minimum atomic E-state index is -0.267. The van der Waals surface area contributed by atoms with Crippen molar-refractivity contribution >= 4 is 43.6 Å². The van der Waals surface area contributed by atoms with Gasteiger partial charge in [-0.2, -0.15) is 0 Å². The highest BCUT2D eigenvalue weighted by molar-refractivity contribution is 6.10. The summed E-state index contributed by atoms with van der Waals surface area (Å²) in [7, 11) is 0. The Kier molecular flexibility index (Phi) is 9.71. The third-order valence-electron chi connectivity index (χ3n) is 12.6. The van der Waals surface area contributed by atoms with Gasteiger partial charge in [-0.25, -0.2) is 0 Å². The summed E-state index contributed by atoms with van der Waals surface area (Å²) in [6, 6.07) is 57.3. The summed E-state index contributed by atoms with van der Waals surface area (Å²) in [6.45, 7) is 10.4. The molecule has 0 radical (unpaired) electrons. The Hall–Kier alpha value is -7.44. The molecule has 8 aromatic carbocycles. The maximum atomic E-state index is 12.2. The lowest BCUT2D eigenvalue weighted by Crippen LogP contribution is -2.33. The minimum absolute atomic E-state index is 0.0605. The van der Waals surface area contributed by atoms with Crippen molar-refractivity contribution < 1.29 is 19.7 Å². The summed E-state index contributed by atoms with van der Waals surface area (Å²) in [6.07, 6.45) is -0.535. The molecule has 10 rings (SSSR count). The second-order valence-corrected chi connectivity index (χ2v) is 16.6. The zero-order valence-corrected chi connectivity index (χ0v) is 35.5. The standard InChI is InChI=1S/C56H48N2O4/c1-34-30-45(55(59)51(32-34)57-47-24-12-6-18-39(47)40-19-7-13-25-48(40)57)43-22-10-16-28-53(43)61-37(4)36(3)38(5)62-54-29-17-11-23-44(54)46-31-35(2)33-52(56(46)60)58-49-26-14-8-20-41(49)42-21-9-15-27-50(42)58/h6-33,36-38,59-60H,1-5H3. The number of aromatic nitrogens is 2. The Balaban J connectivity index is 0.952. The first-order chi connectivity index (χ1) is 30.2. The number of hydrogen-bond donors (Lipinski definition) is 2. The lowest BCUT2D eigenvalue weighted by molar-refractivity contribution is 0.0706. The van der Waals surface area contributed by atoms with Crippen LogP contribution < -0.4 is 9.47 Å². The molecule has 0 amide bonds. The molecule has 2 atom stereocenters. The number of rotatable bonds is 10. The summed E-state index contributed by atoms with van der Waals surface area (Å²) in [5.41, 5.74) is 10.6. The van der Waals surface area contributed by atoms with Crippen LogP contribution in [0.2, 0.25) is 0 Å². The van der Waals surface area contributed by atoms with Gasteiger partial charge in [0, 0.05) is 49.7 Å². The molecule has 2 heterocycles. The molecule has 0 aliphatic carbocycles. The van der Waals surface area contributed by atoms with Crippen LogP contribution in [-0.2, 0) is 0 Å². The number of fused-ring (bicyclic) bond motifs is 6. The second-order valence-electron chi connectivity index (χ2n) is 16.6. The minimum Gasteiger partial charge on any atom is -0.505 e. The van der Waals surface area contributed by atoms with Gasteiger partial charge in [-0.3, -0.25) is 0 Å². The lowest BCUT2D eigenvalue weighted by atomic mass is 9.97. The lowest BCUT2D eigenvalue weighted by Gasteiger charge is -2.29. The predicted octanol–water partition coefficient (Wildman–Crippen LogP) is 14.1. The third kappa shape index (κ3) is 6.51. The van der Waals surface area contributed by atoms with Crippen molar-refractivity contribution in [2.24, 2.45) is 5.92 Å². The molecule has 10 aromatic rings. The van der Waals surface area contributed by atoms with Crippen molar-refractivity contribution in [1.82, 2.24) is 9.13 Å². The number of ether oxygens (including phenoxy) is 2. The largest absolute Gasteiger partial charge is 0.505 e. The molecule has 2 N–H and O–H groups in total. The molecule has 0 saturated heterocycles. The molecule has 0 aliphatic rings. The van der Waals surface area contributed by atoms with Gasteiger partial charge in [0.25, 0.3) is 0 Å². The van der Waals surface area contributed by atoms with Crippen molar-refractivity contribution in [2.75, 3.05) is 0 Å². The maximum Gasteiger partial charge on any atom is 0.147 e. The first-order valence-corrected chi connectivity index (χ1v) is 21.3. The molecule has 6 nitrogen and oxygen atoms in total. The Bertz CT molecular complexity index is 2990. The van der Waals surface area contributed by atoms with Gasteiger partial charge < -0.3 is 28.8 Å². The predicted molar refractivity (Wildman–Crippen MR) is 255 cm³/mol. The van der Waals surface area contributed by atoms with Gasteiger partial charge in [-0.05, 0) is 99.5 Å². The average molecular weight is 813 g/mol. The third-order valence-corrected chi connectivity index (χ3v) is 12.6. The van der Waals surface area contributed by atoms with Crippen molar-refractivity contribution in [3.8, 4) is 56.6 Å². The van der Waals surface area contributed by atoms with E-state index in [9.17, 15) is 10.2 Å². The van der Waals surface area contributed by atoms with E-state index in [2.05, 4.69) is 117 Å². The molecule has 0 aliphatic heterocycles. The number of aryl methyl sites for hydroxylation is 2. The van der Waals surface area contributed by atoms with E-state index < -0.39 is 0 Å². The van der Waals surface area contributed by atoms with Gasteiger partial charge in [0.2, 0.25) is 0 Å². The van der Waals surface area contributed by atoms with Gasteiger partial charge in [-0.1, -0.05) is 116 Å². The van der Waals surface area contributed by atoms with E-state index in [-0.39, 0.29) is 29.6 Å². The zero-order chi connectivity index (χ0) is 42.6. The molecular weight excluding hydrogens is 765 g/mol. The van der Waals surface area contributed by atoms with Gasteiger partial charge in [0.15, 0.2) is 0 Å². The fourth-order valence-corrected chi connectivity index (χ4v) is 9.22. The Morgan fingerprint density at radius 2 is 0.694 bits per heavy atom. The van der Waals surface area contributed by atoms with E-state index >= 15 is 0 Å². The fraction of sp³-hybridized carbons (Fsp3) is 0.143. The first-order valence-electron chi connectivity index (χ1n) is 21.3. The van der Waals surface area contributed by atoms with Crippen LogP contribution in [0.5, 0.6) is 23.0 Å². The highest BCUT2D eigenvalue weighted by atomic mass is 16.5. The van der Waals surface area contributed by atoms with E-state index in [4.69, 9.17) is 9.47 Å². The SMILES string of the molecule is Cc1cc(-c2ccccc2OC(C)C(C)C(C)Oc2ccccc2-c2cc(C)cc(-n3c4ccccc4c4ccccc43)c2O)c(O)c(-n2c3ccccc3c3ccccc32)c1. The number of aromatic hydroxyl groups is 2. The summed E-state index contributed by atoms with van der Waals surface area (Å²) in [5, 5.41) is 28.9. The van der Waals surface area contributed by atoms with Crippen LogP contribution >= 0.6 is 0 Å². The van der Waals surface area contributed by atoms with Gasteiger partial charge in [0.05, 0.1) is 33.4 Å². The average Bonchev–Trinajstić information content (AvgIpc) is 3.81. The quantitative estimate of drug-likeness (QED) is 0.144. The Morgan fingerprint density at radius 1 is 0.387 bits per heavy atom. The molecule has 306 valence electrons. The number of nitrogens with zero attached hydrogens (tertiary/aromatic N) is 2. The molecule has 2 aromatic heterocycles. The van der Waals surface area contributed by atoms with Crippen molar-refractivity contribution in [3.05, 3.63) is 181 Å². The number of hydrogen-bond acceptors (Lipinski definition) is 4. The van der Waals surface area contributed by atoms with E-state index in [1.165, 1.54) is 0 Å². The maximum absolute atomic E-state index is 12.2. The molecule has 0 fully saturated rings. The fourth-order valence-electron chi connectivity index (χ4n) is 9.22. The normalized spacial score (nSPS) is 13.2. The molecule has 6 heteroatoms. The van der Waals surface area contributed by atoms with Crippen LogP contribution in [0, 0.1) is 19.8 Å². The number of benzene rings is 8. The monoisotopic (exact) mass is 812 g/mol. The van der Waals surface area contributed by atoms with Crippen LogP contribution in [0.4, 0.5) is 0 Å². The number of phenols is 2. The van der Waals surface area contributed by atoms with Crippen LogP contribution in [-0.4, -0.2) is 31.6 Å². The first kappa shape index (κ1) is 38.7. The molecule has 0 bridgehead atoms. The van der Waals surface area contributed by atoms with Gasteiger partial charge in [0.1, 0.15) is 35.2 Å². The highest BCUT2D eigenvalue weighted by Gasteiger charge is 2.27. The van der Waals surface area contributed by atoms with Crippen LogP contribution in [0.25, 0.3) is 77.2 Å². The number of para-hydroxylation sites is 6. The summed E-state index contributed by atoms with van der Waals surface area (Å²) in [4.78, 5) is 0. The topological polar surface area (TPSA) is 68.8 Å². The molecule has 62 heavy (non-hydrogen) atoms. The smallest absolute Gasteiger partial charge is 0.147 e. The van der Waals surface area contributed by atoms with Gasteiger partial charge >= 0.3 is 0 Å². The van der Waals surface area contributed by atoms with E-state index in [1.807, 2.05) is 97.1 Å². The molecule has 0 spiro atoms.